The molecule has 5 heteroatoms. The van der Waals surface area contributed by atoms with Crippen molar-refractivity contribution < 1.29 is 0 Å². The summed E-state index contributed by atoms with van der Waals surface area (Å²) in [7, 11) is 0. The van der Waals surface area contributed by atoms with Gasteiger partial charge < -0.3 is 5.32 Å². The highest BCUT2D eigenvalue weighted by molar-refractivity contribution is 9.10. The molecule has 88 valence electrons. The smallest absolute Gasteiger partial charge is 0.283 e. The molecule has 2 rings (SSSR count). The van der Waals surface area contributed by atoms with Gasteiger partial charge in [-0.05, 0) is 41.6 Å². The number of rotatable bonds is 4. The first-order valence-electron chi connectivity index (χ1n) is 5.74. The van der Waals surface area contributed by atoms with Crippen LogP contribution in [0.1, 0.15) is 32.6 Å². The lowest BCUT2D eigenvalue weighted by Gasteiger charge is -2.27. The Morgan fingerprint density at radius 2 is 2.38 bits per heavy atom. The maximum atomic E-state index is 11.9. The molecule has 0 radical (unpaired) electrons. The van der Waals surface area contributed by atoms with Crippen LogP contribution in [0, 0.1) is 0 Å². The van der Waals surface area contributed by atoms with Crippen molar-refractivity contribution in [2.24, 2.45) is 0 Å². The molecule has 0 amide bonds. The van der Waals surface area contributed by atoms with Crippen molar-refractivity contribution in [2.45, 2.75) is 45.2 Å². The van der Waals surface area contributed by atoms with Crippen molar-refractivity contribution in [1.29, 1.82) is 0 Å². The average Bonchev–Trinajstić information content (AvgIpc) is 2.21. The molecule has 1 N–H and O–H groups in total. The normalized spacial score (nSPS) is 15.9. The summed E-state index contributed by atoms with van der Waals surface area (Å²) in [6.07, 6.45) is 6.29. The number of nitrogens with one attached hydrogen (secondary N) is 1. The molecular weight excluding hydrogens is 270 g/mol. The molecule has 1 fully saturated rings. The molecule has 1 saturated carbocycles. The molecule has 0 aromatic carbocycles. The first-order valence-corrected chi connectivity index (χ1v) is 6.54. The van der Waals surface area contributed by atoms with Gasteiger partial charge in [0.15, 0.2) is 0 Å². The van der Waals surface area contributed by atoms with Gasteiger partial charge in [-0.25, -0.2) is 4.68 Å². The molecule has 4 nitrogen and oxygen atoms in total. The first-order chi connectivity index (χ1) is 7.72. The van der Waals surface area contributed by atoms with Crippen LogP contribution in [-0.4, -0.2) is 15.8 Å². The van der Waals surface area contributed by atoms with Gasteiger partial charge in [-0.2, -0.15) is 5.10 Å². The van der Waals surface area contributed by atoms with E-state index >= 15 is 0 Å². The van der Waals surface area contributed by atoms with Crippen LogP contribution in [-0.2, 0) is 6.54 Å². The van der Waals surface area contributed by atoms with Crippen LogP contribution in [0.4, 0.5) is 5.69 Å². The van der Waals surface area contributed by atoms with Crippen molar-refractivity contribution >= 4 is 21.6 Å². The van der Waals surface area contributed by atoms with Crippen molar-refractivity contribution in [3.63, 3.8) is 0 Å². The van der Waals surface area contributed by atoms with E-state index in [9.17, 15) is 4.79 Å². The predicted molar refractivity (Wildman–Crippen MR) is 67.7 cm³/mol. The predicted octanol–water partition coefficient (Wildman–Crippen LogP) is 2.38. The maximum absolute atomic E-state index is 11.9. The van der Waals surface area contributed by atoms with E-state index in [-0.39, 0.29) is 5.56 Å². The summed E-state index contributed by atoms with van der Waals surface area (Å²) in [4.78, 5) is 11.9. The summed E-state index contributed by atoms with van der Waals surface area (Å²) in [5, 5.41) is 7.49. The van der Waals surface area contributed by atoms with E-state index in [2.05, 4.69) is 26.3 Å². The second kappa shape index (κ2) is 4.99. The van der Waals surface area contributed by atoms with E-state index in [0.717, 1.165) is 12.1 Å². The Labute approximate surface area is 103 Å². The zero-order valence-electron chi connectivity index (χ0n) is 9.37. The van der Waals surface area contributed by atoms with Crippen LogP contribution < -0.4 is 10.9 Å². The maximum Gasteiger partial charge on any atom is 0.283 e. The van der Waals surface area contributed by atoms with E-state index in [4.69, 9.17) is 0 Å². The summed E-state index contributed by atoms with van der Waals surface area (Å²) in [5.41, 5.74) is 0.772. The van der Waals surface area contributed by atoms with Gasteiger partial charge in [0.2, 0.25) is 0 Å². The lowest BCUT2D eigenvalue weighted by atomic mass is 9.93. The highest BCUT2D eigenvalue weighted by Crippen LogP contribution is 2.25. The van der Waals surface area contributed by atoms with E-state index in [1.165, 1.54) is 23.9 Å². The summed E-state index contributed by atoms with van der Waals surface area (Å²) in [5.74, 6) is 0. The quantitative estimate of drug-likeness (QED) is 0.924. The fraction of sp³-hybridized carbons (Fsp3) is 0.636. The Hall–Kier alpha value is -0.840. The summed E-state index contributed by atoms with van der Waals surface area (Å²) in [6.45, 7) is 2.70. The van der Waals surface area contributed by atoms with Gasteiger partial charge in [0, 0.05) is 12.6 Å². The molecule has 1 aliphatic rings. The fourth-order valence-electron chi connectivity index (χ4n) is 1.71. The van der Waals surface area contributed by atoms with E-state index < -0.39 is 0 Å². The third-order valence-corrected chi connectivity index (χ3v) is 3.65. The van der Waals surface area contributed by atoms with Gasteiger partial charge in [-0.1, -0.05) is 6.92 Å². The highest BCUT2D eigenvalue weighted by atomic mass is 79.9. The number of hydrogen-bond donors (Lipinski definition) is 1. The van der Waals surface area contributed by atoms with Gasteiger partial charge in [-0.3, -0.25) is 4.79 Å². The molecular formula is C11H16BrN3O. The monoisotopic (exact) mass is 285 g/mol. The Bertz CT molecular complexity index is 426. The number of anilines is 1. The van der Waals surface area contributed by atoms with Crippen LogP contribution >= 0.6 is 15.9 Å². The molecule has 1 aliphatic carbocycles. The van der Waals surface area contributed by atoms with Crippen LogP contribution in [0.5, 0.6) is 0 Å². The Morgan fingerprint density at radius 3 is 2.94 bits per heavy atom. The number of aryl methyl sites for hydroxylation is 1. The summed E-state index contributed by atoms with van der Waals surface area (Å²) < 4.78 is 2.10. The number of aromatic nitrogens is 2. The lowest BCUT2D eigenvalue weighted by molar-refractivity contribution is 0.444. The standard InChI is InChI=1S/C11H16BrN3O/c1-2-6-15-11(16)10(12)9(7-13-15)14-8-4-3-5-8/h7-8,14H,2-6H2,1H3. The van der Waals surface area contributed by atoms with Gasteiger partial charge >= 0.3 is 0 Å². The van der Waals surface area contributed by atoms with Crippen LogP contribution in [0.3, 0.4) is 0 Å². The molecule has 1 aromatic heterocycles. The largest absolute Gasteiger partial charge is 0.380 e. The fourth-order valence-corrected chi connectivity index (χ4v) is 2.13. The van der Waals surface area contributed by atoms with Gasteiger partial charge in [0.05, 0.1) is 11.9 Å². The first kappa shape index (κ1) is 11.6. The second-order valence-electron chi connectivity index (χ2n) is 4.17. The molecule has 16 heavy (non-hydrogen) atoms. The number of halogens is 1. The molecule has 1 heterocycles. The summed E-state index contributed by atoms with van der Waals surface area (Å²) in [6, 6.07) is 0.513. The van der Waals surface area contributed by atoms with Gasteiger partial charge in [0.25, 0.3) is 5.56 Å². The van der Waals surface area contributed by atoms with Gasteiger partial charge in [-0.15, -0.1) is 0 Å². The van der Waals surface area contributed by atoms with Crippen LogP contribution in [0.2, 0.25) is 0 Å². The molecule has 0 saturated heterocycles. The van der Waals surface area contributed by atoms with E-state index in [1.54, 1.807) is 6.20 Å². The van der Waals surface area contributed by atoms with Crippen molar-refractivity contribution in [2.75, 3.05) is 5.32 Å². The zero-order valence-corrected chi connectivity index (χ0v) is 11.0. The second-order valence-corrected chi connectivity index (χ2v) is 4.97. The minimum Gasteiger partial charge on any atom is -0.380 e. The van der Waals surface area contributed by atoms with Gasteiger partial charge in [0.1, 0.15) is 4.47 Å². The molecule has 0 atom stereocenters. The highest BCUT2D eigenvalue weighted by Gasteiger charge is 2.19. The van der Waals surface area contributed by atoms with Crippen LogP contribution in [0.15, 0.2) is 15.5 Å². The number of hydrogen-bond acceptors (Lipinski definition) is 3. The molecule has 0 unspecified atom stereocenters. The summed E-state index contributed by atoms with van der Waals surface area (Å²) >= 11 is 3.35. The lowest BCUT2D eigenvalue weighted by Crippen LogP contribution is -2.30. The van der Waals surface area contributed by atoms with Crippen molar-refractivity contribution in [1.82, 2.24) is 9.78 Å². The number of nitrogens with zero attached hydrogens (tertiary/aromatic N) is 2. The minimum atomic E-state index is -0.0498. The van der Waals surface area contributed by atoms with Crippen molar-refractivity contribution in [3.8, 4) is 0 Å². The SMILES string of the molecule is CCCn1ncc(NC2CCC2)c(Br)c1=O. The molecule has 0 aliphatic heterocycles. The minimum absolute atomic E-state index is 0.0498. The third-order valence-electron chi connectivity index (χ3n) is 2.89. The Balaban J connectivity index is 2.20. The third kappa shape index (κ3) is 2.29. The topological polar surface area (TPSA) is 46.9 Å². The van der Waals surface area contributed by atoms with Crippen molar-refractivity contribution in [3.05, 3.63) is 21.0 Å². The Morgan fingerprint density at radius 1 is 1.62 bits per heavy atom. The Kier molecular flexibility index (Phi) is 3.63. The van der Waals surface area contributed by atoms with Crippen LogP contribution in [0.25, 0.3) is 0 Å². The van der Waals surface area contributed by atoms with E-state index in [0.29, 0.717) is 17.1 Å². The molecule has 1 aromatic rings. The van der Waals surface area contributed by atoms with E-state index in [1.807, 2.05) is 6.92 Å². The zero-order chi connectivity index (χ0) is 11.5. The molecule has 0 spiro atoms. The molecule has 0 bridgehead atoms. The average molecular weight is 286 g/mol.